The second kappa shape index (κ2) is 2.88. The number of nitrogens with zero attached hydrogens (tertiary/aromatic N) is 1. The maximum Gasteiger partial charge on any atom is 0.137 e. The molecule has 0 atom stereocenters. The van der Waals surface area contributed by atoms with E-state index in [9.17, 15) is 0 Å². The van der Waals surface area contributed by atoms with Crippen LogP contribution in [-0.4, -0.2) is 0 Å². The number of ether oxygens (including phenoxy) is 1. The van der Waals surface area contributed by atoms with Crippen LogP contribution in [0.25, 0.3) is 0 Å². The number of rotatable bonds is 1. The van der Waals surface area contributed by atoms with Gasteiger partial charge in [-0.25, -0.2) is 0 Å². The molecule has 0 unspecified atom stereocenters. The van der Waals surface area contributed by atoms with Crippen LogP contribution >= 0.6 is 0 Å². The fraction of sp³-hybridized carbons (Fsp3) is 0. The Morgan fingerprint density at radius 2 is 2.10 bits per heavy atom. The van der Waals surface area contributed by atoms with Gasteiger partial charge >= 0.3 is 0 Å². The zero-order valence-electron chi connectivity index (χ0n) is 5.37. The average molecular weight is 132 g/mol. The highest BCUT2D eigenvalue weighted by atomic mass is 16.5. The topological polar surface area (TPSA) is 33.0 Å². The van der Waals surface area contributed by atoms with Crippen LogP contribution in [0.15, 0.2) is 24.3 Å². The summed E-state index contributed by atoms with van der Waals surface area (Å²) in [6.45, 7) is 0. The quantitative estimate of drug-likeness (QED) is 0.583. The molecular formula is C8H6NO. The third-order valence-electron chi connectivity index (χ3n) is 1.16. The van der Waals surface area contributed by atoms with Crippen LogP contribution in [0.3, 0.4) is 0 Å². The zero-order chi connectivity index (χ0) is 7.40. The van der Waals surface area contributed by atoms with Crippen molar-refractivity contribution in [1.82, 2.24) is 0 Å². The van der Waals surface area contributed by atoms with E-state index in [2.05, 4.69) is 11.8 Å². The van der Waals surface area contributed by atoms with Gasteiger partial charge in [0, 0.05) is 0 Å². The van der Waals surface area contributed by atoms with Gasteiger partial charge in [0.05, 0.1) is 5.56 Å². The van der Waals surface area contributed by atoms with E-state index in [0.29, 0.717) is 11.3 Å². The molecule has 1 radical (unpaired) electrons. The van der Waals surface area contributed by atoms with Crippen LogP contribution in [-0.2, 0) is 0 Å². The summed E-state index contributed by atoms with van der Waals surface area (Å²) in [7, 11) is 3.21. The van der Waals surface area contributed by atoms with Gasteiger partial charge in [-0.1, -0.05) is 12.1 Å². The molecule has 0 aromatic heterocycles. The highest BCUT2D eigenvalue weighted by Gasteiger charge is 1.96. The van der Waals surface area contributed by atoms with E-state index >= 15 is 0 Å². The number of benzene rings is 1. The molecule has 0 bridgehead atoms. The third kappa shape index (κ3) is 1.08. The minimum absolute atomic E-state index is 0.512. The smallest absolute Gasteiger partial charge is 0.137 e. The molecule has 0 fully saturated rings. The van der Waals surface area contributed by atoms with Gasteiger partial charge in [-0.2, -0.15) is 5.26 Å². The first-order valence-electron chi connectivity index (χ1n) is 2.79. The largest absolute Gasteiger partial charge is 0.489 e. The summed E-state index contributed by atoms with van der Waals surface area (Å²) in [4.78, 5) is 0. The molecule has 1 aromatic rings. The Balaban J connectivity index is 3.12. The van der Waals surface area contributed by atoms with Gasteiger partial charge < -0.3 is 4.74 Å². The molecule has 10 heavy (non-hydrogen) atoms. The average Bonchev–Trinajstić information content (AvgIpc) is 2.04. The minimum atomic E-state index is 0.512. The molecule has 1 rings (SSSR count). The molecule has 0 saturated heterocycles. The van der Waals surface area contributed by atoms with Crippen molar-refractivity contribution < 1.29 is 4.74 Å². The van der Waals surface area contributed by atoms with Crippen molar-refractivity contribution in [3.63, 3.8) is 0 Å². The van der Waals surface area contributed by atoms with E-state index in [1.165, 1.54) is 0 Å². The fourth-order valence-corrected chi connectivity index (χ4v) is 0.685. The number of para-hydroxylation sites is 1. The SMILES string of the molecule is [CH2]Oc1ccccc1C#N. The Bertz CT molecular complexity index is 262. The number of nitriles is 1. The summed E-state index contributed by atoms with van der Waals surface area (Å²) in [5, 5.41) is 8.49. The van der Waals surface area contributed by atoms with E-state index in [1.54, 1.807) is 24.3 Å². The lowest BCUT2D eigenvalue weighted by Gasteiger charge is -1.98. The fourth-order valence-electron chi connectivity index (χ4n) is 0.685. The second-order valence-corrected chi connectivity index (χ2v) is 1.75. The first-order chi connectivity index (χ1) is 4.88. The molecule has 49 valence electrons. The van der Waals surface area contributed by atoms with Crippen LogP contribution in [0.1, 0.15) is 5.56 Å². The molecule has 1 aromatic carbocycles. The number of hydrogen-bond donors (Lipinski definition) is 0. The molecule has 0 aliphatic heterocycles. The summed E-state index contributed by atoms with van der Waals surface area (Å²) >= 11 is 0. The lowest BCUT2D eigenvalue weighted by Crippen LogP contribution is -1.82. The Morgan fingerprint density at radius 1 is 1.40 bits per heavy atom. The molecule has 0 N–H and O–H groups in total. The molecule has 2 nitrogen and oxygen atoms in total. The predicted octanol–water partition coefficient (Wildman–Crippen LogP) is 1.73. The molecule has 0 amide bonds. The van der Waals surface area contributed by atoms with Gasteiger partial charge in [-0.3, -0.25) is 0 Å². The third-order valence-corrected chi connectivity index (χ3v) is 1.16. The molecular weight excluding hydrogens is 126 g/mol. The zero-order valence-corrected chi connectivity index (χ0v) is 5.37. The second-order valence-electron chi connectivity index (χ2n) is 1.75. The number of hydrogen-bond acceptors (Lipinski definition) is 2. The van der Waals surface area contributed by atoms with Crippen molar-refractivity contribution >= 4 is 0 Å². The molecule has 0 aliphatic carbocycles. The predicted molar refractivity (Wildman–Crippen MR) is 37.1 cm³/mol. The van der Waals surface area contributed by atoms with Gasteiger partial charge in [-0.15, -0.1) is 0 Å². The molecule has 0 aliphatic rings. The lowest BCUT2D eigenvalue weighted by molar-refractivity contribution is 0.471. The van der Waals surface area contributed by atoms with E-state index in [-0.39, 0.29) is 0 Å². The van der Waals surface area contributed by atoms with Crippen molar-refractivity contribution in [2.24, 2.45) is 0 Å². The summed E-state index contributed by atoms with van der Waals surface area (Å²) in [6.07, 6.45) is 0. The maximum atomic E-state index is 8.49. The normalized spacial score (nSPS) is 8.40. The molecule has 0 spiro atoms. The van der Waals surface area contributed by atoms with E-state index < -0.39 is 0 Å². The Labute approximate surface area is 59.7 Å². The molecule has 0 saturated carbocycles. The van der Waals surface area contributed by atoms with Crippen molar-refractivity contribution in [3.8, 4) is 11.8 Å². The van der Waals surface area contributed by atoms with E-state index in [4.69, 9.17) is 5.26 Å². The van der Waals surface area contributed by atoms with Crippen molar-refractivity contribution in [2.45, 2.75) is 0 Å². The first-order valence-corrected chi connectivity index (χ1v) is 2.79. The highest BCUT2D eigenvalue weighted by Crippen LogP contribution is 2.15. The standard InChI is InChI=1S/C8H6NO/c1-10-8-5-3-2-4-7(8)6-9/h2-5H,1H2. The van der Waals surface area contributed by atoms with E-state index in [0.717, 1.165) is 0 Å². The van der Waals surface area contributed by atoms with Gasteiger partial charge in [0.15, 0.2) is 0 Å². The first kappa shape index (κ1) is 6.63. The van der Waals surface area contributed by atoms with E-state index in [1.807, 2.05) is 6.07 Å². The van der Waals surface area contributed by atoms with Crippen LogP contribution < -0.4 is 4.74 Å². The Hall–Kier alpha value is -1.49. The van der Waals surface area contributed by atoms with Crippen LogP contribution in [0.4, 0.5) is 0 Å². The highest BCUT2D eigenvalue weighted by molar-refractivity contribution is 5.42. The van der Waals surface area contributed by atoms with Crippen molar-refractivity contribution in [2.75, 3.05) is 0 Å². The van der Waals surface area contributed by atoms with Crippen LogP contribution in [0.5, 0.6) is 5.75 Å². The van der Waals surface area contributed by atoms with Crippen LogP contribution in [0, 0.1) is 18.4 Å². The summed E-state index contributed by atoms with van der Waals surface area (Å²) in [5.41, 5.74) is 0.512. The monoisotopic (exact) mass is 132 g/mol. The minimum Gasteiger partial charge on any atom is -0.489 e. The Kier molecular flexibility index (Phi) is 1.91. The van der Waals surface area contributed by atoms with Gasteiger partial charge in [-0.05, 0) is 12.1 Å². The maximum absolute atomic E-state index is 8.49. The summed E-state index contributed by atoms with van der Waals surface area (Å²) in [5.74, 6) is 0.519. The molecule has 0 heterocycles. The molecule has 2 heteroatoms. The lowest BCUT2D eigenvalue weighted by atomic mass is 10.2. The van der Waals surface area contributed by atoms with Crippen molar-refractivity contribution in [1.29, 1.82) is 5.26 Å². The summed E-state index contributed by atoms with van der Waals surface area (Å²) < 4.78 is 4.66. The van der Waals surface area contributed by atoms with Crippen LogP contribution in [0.2, 0.25) is 0 Å². The van der Waals surface area contributed by atoms with Gasteiger partial charge in [0.1, 0.15) is 18.9 Å². The summed E-state index contributed by atoms with van der Waals surface area (Å²) in [6, 6.07) is 8.93. The van der Waals surface area contributed by atoms with Crippen molar-refractivity contribution in [3.05, 3.63) is 36.9 Å². The Morgan fingerprint density at radius 3 is 2.60 bits per heavy atom. The van der Waals surface area contributed by atoms with Gasteiger partial charge in [0.25, 0.3) is 0 Å². The van der Waals surface area contributed by atoms with Gasteiger partial charge in [0.2, 0.25) is 0 Å².